The molecule has 1 aromatic heterocycles. The fraction of sp³-hybridized carbons (Fsp3) is 0.0417. The fourth-order valence-electron chi connectivity index (χ4n) is 2.95. The number of nitrogen functional groups attached to an aromatic ring is 1. The van der Waals surface area contributed by atoms with Gasteiger partial charge in [0.15, 0.2) is 11.6 Å². The third kappa shape index (κ3) is 4.47. The first-order valence-electron chi connectivity index (χ1n) is 9.35. The molecule has 0 saturated heterocycles. The first kappa shape index (κ1) is 18.4. The molecule has 3 aromatic carbocycles. The van der Waals surface area contributed by atoms with E-state index in [0.717, 1.165) is 28.1 Å². The zero-order valence-electron chi connectivity index (χ0n) is 16.1. The third-order valence-corrected chi connectivity index (χ3v) is 4.47. The number of anilines is 2. The molecule has 4 rings (SSSR count). The van der Waals surface area contributed by atoms with E-state index in [9.17, 15) is 0 Å². The van der Waals surface area contributed by atoms with Crippen molar-refractivity contribution in [3.05, 3.63) is 96.6 Å². The van der Waals surface area contributed by atoms with E-state index in [-0.39, 0.29) is 0 Å². The Morgan fingerprint density at radius 2 is 1.48 bits per heavy atom. The SMILES string of the molecule is C/C(=N\Nc1cc(-c2ccccc2)nc(-c2ccccc2)n1)c1cccc(N)c1. The molecular formula is C24H21N5. The van der Waals surface area contributed by atoms with Gasteiger partial charge in [-0.2, -0.15) is 5.10 Å². The van der Waals surface area contributed by atoms with Gasteiger partial charge in [0, 0.05) is 22.9 Å². The summed E-state index contributed by atoms with van der Waals surface area (Å²) in [6.45, 7) is 1.93. The largest absolute Gasteiger partial charge is 0.399 e. The summed E-state index contributed by atoms with van der Waals surface area (Å²) < 4.78 is 0. The van der Waals surface area contributed by atoms with E-state index < -0.39 is 0 Å². The van der Waals surface area contributed by atoms with Crippen LogP contribution >= 0.6 is 0 Å². The number of hydrazone groups is 1. The van der Waals surface area contributed by atoms with E-state index in [4.69, 9.17) is 10.7 Å². The molecule has 142 valence electrons. The van der Waals surface area contributed by atoms with Gasteiger partial charge in [0.2, 0.25) is 0 Å². The lowest BCUT2D eigenvalue weighted by Crippen LogP contribution is -2.03. The number of benzene rings is 3. The van der Waals surface area contributed by atoms with Crippen LogP contribution in [0.2, 0.25) is 0 Å². The van der Waals surface area contributed by atoms with Gasteiger partial charge >= 0.3 is 0 Å². The van der Waals surface area contributed by atoms with Gasteiger partial charge in [0.1, 0.15) is 0 Å². The standard InChI is InChI=1S/C24H21N5/c1-17(20-13-8-14-21(25)15-20)28-29-23-16-22(18-9-4-2-5-10-18)26-24(27-23)19-11-6-3-7-12-19/h2-16H,25H2,1H3,(H,26,27,29)/b28-17+. The summed E-state index contributed by atoms with van der Waals surface area (Å²) in [5, 5.41) is 4.50. The molecule has 0 amide bonds. The van der Waals surface area contributed by atoms with Gasteiger partial charge in [-0.05, 0) is 24.6 Å². The number of hydrogen-bond donors (Lipinski definition) is 2. The van der Waals surface area contributed by atoms with Gasteiger partial charge in [-0.25, -0.2) is 9.97 Å². The maximum atomic E-state index is 5.88. The van der Waals surface area contributed by atoms with E-state index in [1.807, 2.05) is 97.9 Å². The van der Waals surface area contributed by atoms with Gasteiger partial charge in [-0.3, -0.25) is 5.43 Å². The highest BCUT2D eigenvalue weighted by molar-refractivity contribution is 5.99. The Hall–Kier alpha value is -3.99. The molecule has 4 aromatic rings. The smallest absolute Gasteiger partial charge is 0.162 e. The minimum Gasteiger partial charge on any atom is -0.399 e. The van der Waals surface area contributed by atoms with Crippen LogP contribution < -0.4 is 11.2 Å². The molecule has 0 bridgehead atoms. The number of nitrogens with one attached hydrogen (secondary N) is 1. The molecular weight excluding hydrogens is 358 g/mol. The second kappa shape index (κ2) is 8.35. The molecule has 0 radical (unpaired) electrons. The number of nitrogens with two attached hydrogens (primary N) is 1. The Balaban J connectivity index is 1.71. The molecule has 0 aliphatic heterocycles. The predicted octanol–water partition coefficient (Wildman–Crippen LogP) is 5.23. The zero-order chi connectivity index (χ0) is 20.1. The van der Waals surface area contributed by atoms with Crippen LogP contribution in [0.25, 0.3) is 22.6 Å². The second-order valence-electron chi connectivity index (χ2n) is 6.63. The van der Waals surface area contributed by atoms with Crippen molar-refractivity contribution < 1.29 is 0 Å². The molecule has 1 heterocycles. The average Bonchev–Trinajstić information content (AvgIpc) is 2.78. The molecule has 0 saturated carbocycles. The Morgan fingerprint density at radius 1 is 0.793 bits per heavy atom. The predicted molar refractivity (Wildman–Crippen MR) is 120 cm³/mol. The molecule has 0 aliphatic carbocycles. The van der Waals surface area contributed by atoms with E-state index in [2.05, 4.69) is 15.5 Å². The minimum absolute atomic E-state index is 0.626. The molecule has 0 atom stereocenters. The number of nitrogens with zero attached hydrogens (tertiary/aromatic N) is 3. The number of rotatable bonds is 5. The Kier molecular flexibility index (Phi) is 5.29. The van der Waals surface area contributed by atoms with Gasteiger partial charge in [-0.1, -0.05) is 72.8 Å². The highest BCUT2D eigenvalue weighted by Crippen LogP contribution is 2.24. The lowest BCUT2D eigenvalue weighted by atomic mass is 10.1. The van der Waals surface area contributed by atoms with Gasteiger partial charge < -0.3 is 5.73 Å². The van der Waals surface area contributed by atoms with Crippen molar-refractivity contribution in [1.82, 2.24) is 9.97 Å². The fourth-order valence-corrected chi connectivity index (χ4v) is 2.95. The van der Waals surface area contributed by atoms with E-state index in [1.54, 1.807) is 0 Å². The van der Waals surface area contributed by atoms with Crippen molar-refractivity contribution in [1.29, 1.82) is 0 Å². The van der Waals surface area contributed by atoms with E-state index >= 15 is 0 Å². The number of hydrogen-bond acceptors (Lipinski definition) is 5. The first-order valence-corrected chi connectivity index (χ1v) is 9.35. The van der Waals surface area contributed by atoms with Crippen LogP contribution in [0.3, 0.4) is 0 Å². The van der Waals surface area contributed by atoms with Crippen molar-refractivity contribution >= 4 is 17.2 Å². The molecule has 5 heteroatoms. The third-order valence-electron chi connectivity index (χ3n) is 4.47. The van der Waals surface area contributed by atoms with Crippen LogP contribution in [-0.4, -0.2) is 15.7 Å². The monoisotopic (exact) mass is 379 g/mol. The Bertz CT molecular complexity index is 1080. The van der Waals surface area contributed by atoms with E-state index in [1.165, 1.54) is 0 Å². The highest BCUT2D eigenvalue weighted by atomic mass is 15.3. The van der Waals surface area contributed by atoms with Gasteiger partial charge in [0.25, 0.3) is 0 Å². The maximum absolute atomic E-state index is 5.88. The summed E-state index contributed by atoms with van der Waals surface area (Å²) in [4.78, 5) is 9.41. The molecule has 29 heavy (non-hydrogen) atoms. The van der Waals surface area contributed by atoms with Crippen LogP contribution in [0, 0.1) is 0 Å². The summed E-state index contributed by atoms with van der Waals surface area (Å²) in [5.41, 5.74) is 14.2. The van der Waals surface area contributed by atoms with Crippen molar-refractivity contribution in [2.75, 3.05) is 11.2 Å². The summed E-state index contributed by atoms with van der Waals surface area (Å²) >= 11 is 0. The number of aromatic nitrogens is 2. The second-order valence-corrected chi connectivity index (χ2v) is 6.63. The summed E-state index contributed by atoms with van der Waals surface area (Å²) in [7, 11) is 0. The van der Waals surface area contributed by atoms with Crippen molar-refractivity contribution in [3.63, 3.8) is 0 Å². The van der Waals surface area contributed by atoms with Crippen molar-refractivity contribution in [2.24, 2.45) is 5.10 Å². The lowest BCUT2D eigenvalue weighted by molar-refractivity contribution is 1.15. The Labute approximate surface area is 170 Å². The molecule has 0 unspecified atom stereocenters. The van der Waals surface area contributed by atoms with Crippen molar-refractivity contribution in [2.45, 2.75) is 6.92 Å². The normalized spacial score (nSPS) is 11.3. The average molecular weight is 379 g/mol. The van der Waals surface area contributed by atoms with Crippen LogP contribution in [0.5, 0.6) is 0 Å². The summed E-state index contributed by atoms with van der Waals surface area (Å²) in [5.74, 6) is 1.27. The highest BCUT2D eigenvalue weighted by Gasteiger charge is 2.08. The minimum atomic E-state index is 0.626. The van der Waals surface area contributed by atoms with Crippen LogP contribution in [0.1, 0.15) is 12.5 Å². The van der Waals surface area contributed by atoms with Crippen LogP contribution in [0.4, 0.5) is 11.5 Å². The van der Waals surface area contributed by atoms with Crippen molar-refractivity contribution in [3.8, 4) is 22.6 Å². The van der Waals surface area contributed by atoms with E-state index in [0.29, 0.717) is 17.3 Å². The van der Waals surface area contributed by atoms with Gasteiger partial charge in [-0.15, -0.1) is 0 Å². The van der Waals surface area contributed by atoms with Gasteiger partial charge in [0.05, 0.1) is 11.4 Å². The summed E-state index contributed by atoms with van der Waals surface area (Å²) in [6.07, 6.45) is 0. The Morgan fingerprint density at radius 3 is 2.17 bits per heavy atom. The van der Waals surface area contributed by atoms with Crippen LogP contribution in [0.15, 0.2) is 96.1 Å². The first-order chi connectivity index (χ1) is 14.2. The zero-order valence-corrected chi connectivity index (χ0v) is 16.1. The summed E-state index contributed by atoms with van der Waals surface area (Å²) in [6, 6.07) is 29.5. The topological polar surface area (TPSA) is 76.2 Å². The maximum Gasteiger partial charge on any atom is 0.162 e. The molecule has 5 nitrogen and oxygen atoms in total. The molecule has 3 N–H and O–H groups in total. The molecule has 0 spiro atoms. The molecule has 0 aliphatic rings. The quantitative estimate of drug-likeness (QED) is 0.283. The lowest BCUT2D eigenvalue weighted by Gasteiger charge is -2.09. The van der Waals surface area contributed by atoms with Crippen LogP contribution in [-0.2, 0) is 0 Å². The molecule has 0 fully saturated rings.